The minimum atomic E-state index is -0.258. The topological polar surface area (TPSA) is 74.6 Å². The molecule has 26 heavy (non-hydrogen) atoms. The third-order valence-electron chi connectivity index (χ3n) is 5.10. The molecule has 3 saturated heterocycles. The third-order valence-corrected chi connectivity index (χ3v) is 6.29. The largest absolute Gasteiger partial charge is 0.351 e. The number of piperazine rings is 1. The molecule has 3 aliphatic rings. The van der Waals surface area contributed by atoms with Gasteiger partial charge in [0, 0.05) is 42.1 Å². The summed E-state index contributed by atoms with van der Waals surface area (Å²) >= 11 is 7.51. The summed E-state index contributed by atoms with van der Waals surface area (Å²) in [7, 11) is 0. The Morgan fingerprint density at radius 1 is 1.38 bits per heavy atom. The Morgan fingerprint density at radius 3 is 3.00 bits per heavy atom. The van der Waals surface area contributed by atoms with Crippen molar-refractivity contribution in [1.29, 1.82) is 0 Å². The standard InChI is InChI=1S/C17H17ClN6OS/c18-13-8-26-9-14(13)21-17(25)12-6-20-24-4-3-15(22-16(12)24)23-7-10-1-2-11(23)5-19-10/h3-4,6,8-11,19H,1-2,5,7H2,(H,21,25)/t10-,11-/m1/s1. The van der Waals surface area contributed by atoms with Gasteiger partial charge in [0.1, 0.15) is 11.4 Å². The summed E-state index contributed by atoms with van der Waals surface area (Å²) in [6, 6.07) is 2.95. The lowest BCUT2D eigenvalue weighted by atomic mass is 9.93. The monoisotopic (exact) mass is 388 g/mol. The molecule has 2 N–H and O–H groups in total. The van der Waals surface area contributed by atoms with E-state index < -0.39 is 0 Å². The van der Waals surface area contributed by atoms with E-state index in [0.29, 0.717) is 34.0 Å². The van der Waals surface area contributed by atoms with Crippen molar-refractivity contribution in [2.24, 2.45) is 0 Å². The number of carbonyl (C=O) groups is 1. The normalized spacial score (nSPS) is 22.1. The summed E-state index contributed by atoms with van der Waals surface area (Å²) in [5, 5.41) is 14.8. The first-order valence-electron chi connectivity index (χ1n) is 8.56. The van der Waals surface area contributed by atoms with Crippen LogP contribution >= 0.6 is 22.9 Å². The van der Waals surface area contributed by atoms with Crippen LogP contribution in [-0.2, 0) is 0 Å². The van der Waals surface area contributed by atoms with E-state index in [0.717, 1.165) is 18.9 Å². The van der Waals surface area contributed by atoms with Crippen molar-refractivity contribution in [2.75, 3.05) is 23.3 Å². The fourth-order valence-corrected chi connectivity index (χ4v) is 4.69. The van der Waals surface area contributed by atoms with E-state index >= 15 is 0 Å². The molecule has 0 radical (unpaired) electrons. The molecule has 134 valence electrons. The Bertz CT molecular complexity index is 977. The van der Waals surface area contributed by atoms with Crippen molar-refractivity contribution in [1.82, 2.24) is 19.9 Å². The predicted molar refractivity (Wildman–Crippen MR) is 102 cm³/mol. The van der Waals surface area contributed by atoms with E-state index in [1.54, 1.807) is 16.1 Å². The molecule has 6 heterocycles. The van der Waals surface area contributed by atoms with E-state index in [4.69, 9.17) is 16.6 Å². The van der Waals surface area contributed by atoms with Gasteiger partial charge in [0.05, 0.1) is 16.9 Å². The van der Waals surface area contributed by atoms with Crippen molar-refractivity contribution in [3.05, 3.63) is 39.8 Å². The summed E-state index contributed by atoms with van der Waals surface area (Å²) in [5.41, 5.74) is 1.60. The highest BCUT2D eigenvalue weighted by atomic mass is 35.5. The van der Waals surface area contributed by atoms with Gasteiger partial charge < -0.3 is 15.5 Å². The van der Waals surface area contributed by atoms with Gasteiger partial charge >= 0.3 is 0 Å². The zero-order chi connectivity index (χ0) is 17.7. The van der Waals surface area contributed by atoms with Gasteiger partial charge in [0.15, 0.2) is 5.65 Å². The number of hydrogen-bond donors (Lipinski definition) is 2. The van der Waals surface area contributed by atoms with Crippen molar-refractivity contribution in [2.45, 2.75) is 24.9 Å². The Labute approximate surface area is 159 Å². The highest BCUT2D eigenvalue weighted by molar-refractivity contribution is 7.09. The van der Waals surface area contributed by atoms with Crippen LogP contribution < -0.4 is 15.5 Å². The van der Waals surface area contributed by atoms with Crippen LogP contribution in [-0.4, -0.2) is 45.7 Å². The molecule has 0 saturated carbocycles. The summed E-state index contributed by atoms with van der Waals surface area (Å²) in [6.45, 7) is 1.94. The summed E-state index contributed by atoms with van der Waals surface area (Å²) in [4.78, 5) is 19.8. The Balaban J connectivity index is 1.47. The molecule has 3 aromatic heterocycles. The van der Waals surface area contributed by atoms with E-state index in [1.807, 2.05) is 17.6 Å². The lowest BCUT2D eigenvalue weighted by Crippen LogP contribution is -2.61. The molecular formula is C17H17ClN6OS. The molecule has 3 aromatic rings. The van der Waals surface area contributed by atoms with Gasteiger partial charge in [-0.05, 0) is 18.9 Å². The maximum absolute atomic E-state index is 12.7. The first-order chi connectivity index (χ1) is 12.7. The lowest BCUT2D eigenvalue weighted by Gasteiger charge is -2.46. The fourth-order valence-electron chi connectivity index (χ4n) is 3.73. The van der Waals surface area contributed by atoms with Crippen LogP contribution in [0.3, 0.4) is 0 Å². The number of hydrogen-bond acceptors (Lipinski definition) is 6. The van der Waals surface area contributed by atoms with E-state index in [2.05, 4.69) is 20.6 Å². The van der Waals surface area contributed by atoms with Gasteiger partial charge in [0.2, 0.25) is 0 Å². The SMILES string of the molecule is O=C(Nc1cscc1Cl)c1cnn2ccc(N3C[C@H]4CC[C@@H]3CN4)nc12. The second-order valence-corrected chi connectivity index (χ2v) is 7.84. The van der Waals surface area contributed by atoms with Crippen LogP contribution in [0.25, 0.3) is 5.65 Å². The van der Waals surface area contributed by atoms with Gasteiger partial charge in [-0.15, -0.1) is 11.3 Å². The van der Waals surface area contributed by atoms with E-state index in [1.165, 1.54) is 24.2 Å². The summed E-state index contributed by atoms with van der Waals surface area (Å²) < 4.78 is 1.63. The number of amides is 1. The molecule has 0 unspecified atom stereocenters. The van der Waals surface area contributed by atoms with Crippen molar-refractivity contribution >= 4 is 46.0 Å². The lowest BCUT2D eigenvalue weighted by molar-refractivity contribution is 0.102. The number of nitrogens with one attached hydrogen (secondary N) is 2. The molecule has 7 nitrogen and oxygen atoms in total. The fraction of sp³-hybridized carbons (Fsp3) is 0.353. The molecule has 1 amide bonds. The third kappa shape index (κ3) is 2.65. The number of aromatic nitrogens is 3. The van der Waals surface area contributed by atoms with Crippen LogP contribution in [0.4, 0.5) is 11.5 Å². The predicted octanol–water partition coefficient (Wildman–Crippen LogP) is 2.64. The van der Waals surface area contributed by atoms with Gasteiger partial charge in [-0.3, -0.25) is 4.79 Å². The first-order valence-corrected chi connectivity index (χ1v) is 9.88. The number of nitrogens with zero attached hydrogens (tertiary/aromatic N) is 4. The van der Waals surface area contributed by atoms with Crippen molar-refractivity contribution < 1.29 is 4.79 Å². The van der Waals surface area contributed by atoms with Crippen LogP contribution in [0.1, 0.15) is 23.2 Å². The van der Waals surface area contributed by atoms with Crippen molar-refractivity contribution in [3.8, 4) is 0 Å². The van der Waals surface area contributed by atoms with E-state index in [-0.39, 0.29) is 5.91 Å². The molecule has 3 aliphatic heterocycles. The van der Waals surface area contributed by atoms with E-state index in [9.17, 15) is 4.79 Å². The number of halogens is 1. The Hall–Kier alpha value is -2.16. The van der Waals surface area contributed by atoms with Gasteiger partial charge in [-0.25, -0.2) is 9.50 Å². The molecular weight excluding hydrogens is 372 g/mol. The highest BCUT2D eigenvalue weighted by Gasteiger charge is 2.34. The number of thiophene rings is 1. The second-order valence-electron chi connectivity index (χ2n) is 6.69. The molecule has 0 aliphatic carbocycles. The number of piperidine rings is 2. The molecule has 6 rings (SSSR count). The van der Waals surface area contributed by atoms with Gasteiger partial charge in [0.25, 0.3) is 5.91 Å². The Morgan fingerprint density at radius 2 is 2.31 bits per heavy atom. The van der Waals surface area contributed by atoms with Crippen molar-refractivity contribution in [3.63, 3.8) is 0 Å². The smallest absolute Gasteiger partial charge is 0.261 e. The van der Waals surface area contributed by atoms with Crippen LogP contribution in [0.5, 0.6) is 0 Å². The Kier molecular flexibility index (Phi) is 3.84. The number of anilines is 2. The first kappa shape index (κ1) is 16.0. The maximum Gasteiger partial charge on any atom is 0.261 e. The second kappa shape index (κ2) is 6.22. The zero-order valence-corrected chi connectivity index (χ0v) is 15.4. The number of fused-ring (bicyclic) bond motifs is 4. The van der Waals surface area contributed by atoms with Gasteiger partial charge in [-0.2, -0.15) is 5.10 Å². The molecule has 9 heteroatoms. The molecule has 0 spiro atoms. The molecule has 2 bridgehead atoms. The maximum atomic E-state index is 12.7. The molecule has 3 fully saturated rings. The molecule has 0 aromatic carbocycles. The number of carbonyl (C=O) groups excluding carboxylic acids is 1. The average Bonchev–Trinajstić information content (AvgIpc) is 3.28. The minimum absolute atomic E-state index is 0.258. The van der Waals surface area contributed by atoms with Gasteiger partial charge in [-0.1, -0.05) is 11.6 Å². The summed E-state index contributed by atoms with van der Waals surface area (Å²) in [6.07, 6.45) is 5.80. The average molecular weight is 389 g/mol. The van der Waals surface area contributed by atoms with Crippen LogP contribution in [0.15, 0.2) is 29.2 Å². The highest BCUT2D eigenvalue weighted by Crippen LogP contribution is 2.29. The summed E-state index contributed by atoms with van der Waals surface area (Å²) in [5.74, 6) is 0.642. The minimum Gasteiger partial charge on any atom is -0.351 e. The zero-order valence-electron chi connectivity index (χ0n) is 13.9. The number of rotatable bonds is 3. The molecule has 2 atom stereocenters. The van der Waals surface area contributed by atoms with Crippen LogP contribution in [0.2, 0.25) is 5.02 Å². The quantitative estimate of drug-likeness (QED) is 0.721. The van der Waals surface area contributed by atoms with Crippen LogP contribution in [0, 0.1) is 0 Å².